The van der Waals surface area contributed by atoms with E-state index in [4.69, 9.17) is 0 Å². The summed E-state index contributed by atoms with van der Waals surface area (Å²) in [4.78, 5) is 45.2. The molecular formula is C28H32F3N5O3. The number of carbonyl (C=O) groups excluding carboxylic acids is 3. The van der Waals surface area contributed by atoms with E-state index in [-0.39, 0.29) is 31.0 Å². The number of likely N-dealkylation sites (N-methyl/N-ethyl adjacent to an activating group) is 2. The van der Waals surface area contributed by atoms with Crippen molar-refractivity contribution in [3.8, 4) is 0 Å². The van der Waals surface area contributed by atoms with Gasteiger partial charge in [0, 0.05) is 26.1 Å². The number of nitrogens with zero attached hydrogens (tertiary/aromatic N) is 3. The highest BCUT2D eigenvalue weighted by Crippen LogP contribution is 2.38. The molecule has 11 heteroatoms. The van der Waals surface area contributed by atoms with Crippen molar-refractivity contribution in [3.05, 3.63) is 82.6 Å². The summed E-state index contributed by atoms with van der Waals surface area (Å²) in [5.74, 6) is -0.751. The first-order chi connectivity index (χ1) is 18.5. The number of urea groups is 1. The Hall–Kier alpha value is -3.86. The summed E-state index contributed by atoms with van der Waals surface area (Å²) >= 11 is 0. The quantitative estimate of drug-likeness (QED) is 0.509. The molecule has 2 heterocycles. The van der Waals surface area contributed by atoms with Crippen molar-refractivity contribution in [3.63, 3.8) is 0 Å². The second-order valence-corrected chi connectivity index (χ2v) is 9.84. The molecule has 4 rings (SSSR count). The predicted octanol–water partition coefficient (Wildman–Crippen LogP) is 3.18. The molecule has 2 atom stereocenters. The molecule has 39 heavy (non-hydrogen) atoms. The molecule has 0 radical (unpaired) electrons. The second kappa shape index (κ2) is 11.5. The Kier molecular flexibility index (Phi) is 8.29. The van der Waals surface area contributed by atoms with Gasteiger partial charge in [-0.2, -0.15) is 13.2 Å². The van der Waals surface area contributed by atoms with Gasteiger partial charge in [-0.05, 0) is 44.3 Å². The van der Waals surface area contributed by atoms with Gasteiger partial charge >= 0.3 is 12.2 Å². The molecule has 2 aliphatic heterocycles. The highest BCUT2D eigenvalue weighted by molar-refractivity contribution is 6.03. The van der Waals surface area contributed by atoms with Crippen molar-refractivity contribution >= 4 is 17.8 Å². The normalized spacial score (nSPS) is 18.4. The van der Waals surface area contributed by atoms with Crippen LogP contribution in [0, 0.1) is 0 Å². The van der Waals surface area contributed by atoms with E-state index < -0.39 is 35.8 Å². The Bertz CT molecular complexity index is 1250. The summed E-state index contributed by atoms with van der Waals surface area (Å²) < 4.78 is 39.4. The van der Waals surface area contributed by atoms with Crippen LogP contribution in [-0.2, 0) is 22.2 Å². The first-order valence-electron chi connectivity index (χ1n) is 12.8. The molecule has 0 saturated heterocycles. The smallest absolute Gasteiger partial charge is 0.353 e. The van der Waals surface area contributed by atoms with Crippen LogP contribution >= 0.6 is 0 Å². The molecule has 208 valence electrons. The molecule has 8 nitrogen and oxygen atoms in total. The fraction of sp³-hybridized carbons (Fsp3) is 0.393. The molecule has 0 unspecified atom stereocenters. The zero-order valence-electron chi connectivity index (χ0n) is 22.1. The molecule has 2 aliphatic rings. The van der Waals surface area contributed by atoms with Gasteiger partial charge in [0.1, 0.15) is 6.04 Å². The van der Waals surface area contributed by atoms with Crippen LogP contribution in [-0.4, -0.2) is 78.9 Å². The van der Waals surface area contributed by atoms with Gasteiger partial charge in [0.05, 0.1) is 29.4 Å². The molecule has 0 spiro atoms. The number of hydrogen-bond donors (Lipinski definition) is 2. The number of amides is 4. The Labute approximate surface area is 225 Å². The highest BCUT2D eigenvalue weighted by Gasteiger charge is 2.47. The van der Waals surface area contributed by atoms with Crippen molar-refractivity contribution in [1.82, 2.24) is 25.3 Å². The minimum absolute atomic E-state index is 0.0329. The molecule has 0 fully saturated rings. The molecular weight excluding hydrogens is 511 g/mol. The maximum absolute atomic E-state index is 14.0. The fourth-order valence-corrected chi connectivity index (χ4v) is 4.92. The van der Waals surface area contributed by atoms with Gasteiger partial charge < -0.3 is 20.4 Å². The van der Waals surface area contributed by atoms with Crippen LogP contribution < -0.4 is 10.6 Å². The van der Waals surface area contributed by atoms with Gasteiger partial charge in [-0.15, -0.1) is 0 Å². The summed E-state index contributed by atoms with van der Waals surface area (Å²) in [5.41, 5.74) is 1.11. The number of hydrogen-bond acceptors (Lipinski definition) is 4. The Morgan fingerprint density at radius 1 is 1.10 bits per heavy atom. The molecule has 4 amide bonds. The Balaban J connectivity index is 1.68. The summed E-state index contributed by atoms with van der Waals surface area (Å²) in [6, 6.07) is 11.5. The van der Waals surface area contributed by atoms with Gasteiger partial charge in [0.25, 0.3) is 5.91 Å². The van der Waals surface area contributed by atoms with Crippen LogP contribution in [0.2, 0.25) is 0 Å². The lowest BCUT2D eigenvalue weighted by molar-refractivity contribution is -0.137. The van der Waals surface area contributed by atoms with E-state index in [0.29, 0.717) is 24.4 Å². The van der Waals surface area contributed by atoms with Crippen molar-refractivity contribution in [2.45, 2.75) is 31.6 Å². The standard InChI is InChI=1S/C28H32F3N5O3/c1-4-35-22-17-36(21(16-18-8-6-5-7-9-18)25(37)32-14-15-34(2)3)26(38)23(22)24(33-27(35)39)19-10-12-20(13-11-19)28(29,30)31/h5-13,21,24H,4,14-17H2,1-3H3,(H,32,37)(H,33,39)/t21-,24-/m1/s1. The van der Waals surface area contributed by atoms with E-state index in [1.807, 2.05) is 49.3 Å². The molecule has 0 aromatic heterocycles. The monoisotopic (exact) mass is 543 g/mol. The molecule has 2 N–H and O–H groups in total. The van der Waals surface area contributed by atoms with Gasteiger partial charge in [0.2, 0.25) is 5.91 Å². The third-order valence-electron chi connectivity index (χ3n) is 6.95. The van der Waals surface area contributed by atoms with Crippen LogP contribution in [0.3, 0.4) is 0 Å². The van der Waals surface area contributed by atoms with E-state index in [0.717, 1.165) is 17.7 Å². The highest BCUT2D eigenvalue weighted by atomic mass is 19.4. The van der Waals surface area contributed by atoms with E-state index in [1.165, 1.54) is 21.9 Å². The minimum atomic E-state index is -4.51. The lowest BCUT2D eigenvalue weighted by atomic mass is 9.94. The summed E-state index contributed by atoms with van der Waals surface area (Å²) in [6.45, 7) is 3.09. The van der Waals surface area contributed by atoms with Crippen molar-refractivity contribution in [1.29, 1.82) is 0 Å². The number of rotatable bonds is 9. The predicted molar refractivity (Wildman–Crippen MR) is 139 cm³/mol. The van der Waals surface area contributed by atoms with E-state index in [9.17, 15) is 27.6 Å². The zero-order valence-corrected chi connectivity index (χ0v) is 22.1. The molecule has 0 aliphatic carbocycles. The SMILES string of the molecule is CCN1C(=O)N[C@H](c2ccc(C(F)(F)F)cc2)C2=C1CN([C@H](Cc1ccccc1)C(=O)NCCN(C)C)C2=O. The maximum Gasteiger partial charge on any atom is 0.416 e. The molecule has 0 saturated carbocycles. The fourth-order valence-electron chi connectivity index (χ4n) is 4.92. The zero-order chi connectivity index (χ0) is 28.3. The molecule has 0 bridgehead atoms. The van der Waals surface area contributed by atoms with Crippen molar-refractivity contribution in [2.24, 2.45) is 0 Å². The van der Waals surface area contributed by atoms with Gasteiger partial charge in [-0.25, -0.2) is 4.79 Å². The van der Waals surface area contributed by atoms with Crippen LogP contribution in [0.4, 0.5) is 18.0 Å². The van der Waals surface area contributed by atoms with Crippen LogP contribution in [0.5, 0.6) is 0 Å². The Morgan fingerprint density at radius 2 is 1.77 bits per heavy atom. The Morgan fingerprint density at radius 3 is 2.36 bits per heavy atom. The summed E-state index contributed by atoms with van der Waals surface area (Å²) in [5, 5.41) is 5.69. The lowest BCUT2D eigenvalue weighted by Gasteiger charge is -2.33. The van der Waals surface area contributed by atoms with Gasteiger partial charge in [-0.1, -0.05) is 42.5 Å². The number of benzene rings is 2. The van der Waals surface area contributed by atoms with Gasteiger partial charge in [-0.3, -0.25) is 14.5 Å². The summed E-state index contributed by atoms with van der Waals surface area (Å²) in [7, 11) is 3.78. The summed E-state index contributed by atoms with van der Waals surface area (Å²) in [6.07, 6.45) is -4.25. The third-order valence-corrected chi connectivity index (χ3v) is 6.95. The van der Waals surface area contributed by atoms with Gasteiger partial charge in [0.15, 0.2) is 0 Å². The lowest BCUT2D eigenvalue weighted by Crippen LogP contribution is -2.50. The topological polar surface area (TPSA) is 85.0 Å². The molecule has 2 aromatic rings. The number of alkyl halides is 3. The van der Waals surface area contributed by atoms with E-state index in [2.05, 4.69) is 10.6 Å². The average molecular weight is 544 g/mol. The largest absolute Gasteiger partial charge is 0.416 e. The minimum Gasteiger partial charge on any atom is -0.353 e. The number of nitrogens with one attached hydrogen (secondary N) is 2. The first kappa shape index (κ1) is 28.2. The van der Waals surface area contributed by atoms with Crippen molar-refractivity contribution < 1.29 is 27.6 Å². The number of halogens is 3. The van der Waals surface area contributed by atoms with Crippen molar-refractivity contribution in [2.75, 3.05) is 40.3 Å². The first-order valence-corrected chi connectivity index (χ1v) is 12.8. The van der Waals surface area contributed by atoms with Crippen LogP contribution in [0.1, 0.15) is 29.7 Å². The second-order valence-electron chi connectivity index (χ2n) is 9.84. The average Bonchev–Trinajstić information content (AvgIpc) is 3.23. The van der Waals surface area contributed by atoms with E-state index in [1.54, 1.807) is 6.92 Å². The maximum atomic E-state index is 14.0. The molecule has 2 aromatic carbocycles. The third kappa shape index (κ3) is 6.08. The van der Waals surface area contributed by atoms with Crippen LogP contribution in [0.25, 0.3) is 0 Å². The van der Waals surface area contributed by atoms with E-state index >= 15 is 0 Å². The number of carbonyl (C=O) groups is 3. The van der Waals surface area contributed by atoms with Crippen LogP contribution in [0.15, 0.2) is 65.9 Å².